The lowest BCUT2D eigenvalue weighted by molar-refractivity contribution is 0.415. The summed E-state index contributed by atoms with van der Waals surface area (Å²) in [7, 11) is 1.60. The molecule has 24 heavy (non-hydrogen) atoms. The van der Waals surface area contributed by atoms with Crippen molar-refractivity contribution in [1.29, 1.82) is 0 Å². The number of hydrogen-bond donors (Lipinski definition) is 2. The summed E-state index contributed by atoms with van der Waals surface area (Å²) in [5.74, 6) is 1.30. The second-order valence-electron chi connectivity index (χ2n) is 4.97. The summed E-state index contributed by atoms with van der Waals surface area (Å²) in [6.45, 7) is 0.309. The van der Waals surface area contributed by atoms with Gasteiger partial charge in [-0.3, -0.25) is 0 Å². The SMILES string of the molecule is COc1cccc(Nc2nncc(NCc3ccccc3F)n2)c1. The molecule has 0 fully saturated rings. The summed E-state index contributed by atoms with van der Waals surface area (Å²) in [4.78, 5) is 4.31. The molecule has 0 aliphatic rings. The minimum absolute atomic E-state index is 0.262. The van der Waals surface area contributed by atoms with Gasteiger partial charge >= 0.3 is 0 Å². The second-order valence-corrected chi connectivity index (χ2v) is 4.97. The number of benzene rings is 2. The van der Waals surface area contributed by atoms with Crippen LogP contribution in [0, 0.1) is 5.82 Å². The van der Waals surface area contributed by atoms with Crippen LogP contribution in [-0.4, -0.2) is 22.3 Å². The van der Waals surface area contributed by atoms with Gasteiger partial charge in [0.2, 0.25) is 5.95 Å². The Morgan fingerprint density at radius 3 is 2.83 bits per heavy atom. The second kappa shape index (κ2) is 7.36. The van der Waals surface area contributed by atoms with Crippen LogP contribution in [0.15, 0.2) is 54.7 Å². The van der Waals surface area contributed by atoms with E-state index in [0.29, 0.717) is 23.9 Å². The fourth-order valence-corrected chi connectivity index (χ4v) is 2.10. The van der Waals surface area contributed by atoms with E-state index in [4.69, 9.17) is 4.74 Å². The molecular formula is C17H16FN5O. The molecule has 0 amide bonds. The number of methoxy groups -OCH3 is 1. The highest BCUT2D eigenvalue weighted by molar-refractivity contribution is 5.56. The fourth-order valence-electron chi connectivity index (χ4n) is 2.10. The number of halogens is 1. The highest BCUT2D eigenvalue weighted by Crippen LogP contribution is 2.19. The molecule has 0 saturated carbocycles. The summed E-state index contributed by atoms with van der Waals surface area (Å²) in [5.41, 5.74) is 1.33. The van der Waals surface area contributed by atoms with Crippen molar-refractivity contribution < 1.29 is 9.13 Å². The van der Waals surface area contributed by atoms with Crippen LogP contribution in [0.25, 0.3) is 0 Å². The van der Waals surface area contributed by atoms with Crippen molar-refractivity contribution >= 4 is 17.5 Å². The Balaban J connectivity index is 1.68. The maximum absolute atomic E-state index is 13.6. The van der Waals surface area contributed by atoms with Crippen LogP contribution < -0.4 is 15.4 Å². The Bertz CT molecular complexity index is 827. The summed E-state index contributed by atoms with van der Waals surface area (Å²) < 4.78 is 18.8. The molecule has 0 saturated heterocycles. The maximum atomic E-state index is 13.6. The van der Waals surface area contributed by atoms with Gasteiger partial charge in [0.25, 0.3) is 0 Å². The lowest BCUT2D eigenvalue weighted by atomic mass is 10.2. The van der Waals surface area contributed by atoms with E-state index in [2.05, 4.69) is 25.8 Å². The summed E-state index contributed by atoms with van der Waals surface area (Å²) >= 11 is 0. The van der Waals surface area contributed by atoms with Gasteiger partial charge in [-0.15, -0.1) is 5.10 Å². The zero-order valence-electron chi connectivity index (χ0n) is 13.0. The number of anilines is 3. The monoisotopic (exact) mass is 325 g/mol. The molecule has 3 rings (SSSR count). The largest absolute Gasteiger partial charge is 0.497 e. The third-order valence-electron chi connectivity index (χ3n) is 3.30. The molecule has 122 valence electrons. The molecule has 6 nitrogen and oxygen atoms in total. The highest BCUT2D eigenvalue weighted by Gasteiger charge is 2.04. The van der Waals surface area contributed by atoms with Gasteiger partial charge in [0.05, 0.1) is 13.3 Å². The first-order valence-electron chi connectivity index (χ1n) is 7.32. The van der Waals surface area contributed by atoms with Crippen LogP contribution in [0.5, 0.6) is 5.75 Å². The number of hydrogen-bond acceptors (Lipinski definition) is 6. The number of ether oxygens (including phenoxy) is 1. The summed E-state index contributed by atoms with van der Waals surface area (Å²) in [6, 6.07) is 14.0. The molecule has 0 aliphatic carbocycles. The number of aromatic nitrogens is 3. The normalized spacial score (nSPS) is 10.2. The minimum atomic E-state index is -0.262. The zero-order valence-corrected chi connectivity index (χ0v) is 13.0. The van der Waals surface area contributed by atoms with Crippen LogP contribution in [0.4, 0.5) is 21.8 Å². The first-order valence-corrected chi connectivity index (χ1v) is 7.32. The third-order valence-corrected chi connectivity index (χ3v) is 3.30. The van der Waals surface area contributed by atoms with E-state index in [9.17, 15) is 4.39 Å². The summed E-state index contributed by atoms with van der Waals surface area (Å²) in [5, 5.41) is 13.9. The lowest BCUT2D eigenvalue weighted by Crippen LogP contribution is -2.06. The molecule has 7 heteroatoms. The average molecular weight is 325 g/mol. The smallest absolute Gasteiger partial charge is 0.249 e. The van der Waals surface area contributed by atoms with E-state index in [1.807, 2.05) is 24.3 Å². The minimum Gasteiger partial charge on any atom is -0.497 e. The molecule has 1 heterocycles. The van der Waals surface area contributed by atoms with Gasteiger partial charge in [0.1, 0.15) is 11.6 Å². The van der Waals surface area contributed by atoms with Crippen molar-refractivity contribution in [3.63, 3.8) is 0 Å². The van der Waals surface area contributed by atoms with E-state index in [0.717, 1.165) is 11.4 Å². The van der Waals surface area contributed by atoms with Crippen molar-refractivity contribution in [2.24, 2.45) is 0 Å². The van der Waals surface area contributed by atoms with Gasteiger partial charge in [-0.05, 0) is 18.2 Å². The Morgan fingerprint density at radius 2 is 2.00 bits per heavy atom. The van der Waals surface area contributed by atoms with Crippen LogP contribution in [-0.2, 0) is 6.54 Å². The molecule has 0 bridgehead atoms. The first-order chi connectivity index (χ1) is 11.7. The molecule has 3 aromatic rings. The van der Waals surface area contributed by atoms with Crippen molar-refractivity contribution in [2.75, 3.05) is 17.7 Å². The third kappa shape index (κ3) is 3.95. The molecule has 1 aromatic heterocycles. The van der Waals surface area contributed by atoms with Gasteiger partial charge in [-0.1, -0.05) is 24.3 Å². The van der Waals surface area contributed by atoms with Gasteiger partial charge < -0.3 is 15.4 Å². The molecule has 0 radical (unpaired) electrons. The van der Waals surface area contributed by atoms with Gasteiger partial charge in [-0.2, -0.15) is 10.1 Å². The molecule has 0 spiro atoms. The van der Waals surface area contributed by atoms with Crippen LogP contribution in [0.2, 0.25) is 0 Å². The Hall–Kier alpha value is -3.22. The predicted molar refractivity (Wildman–Crippen MR) is 89.8 cm³/mol. The van der Waals surface area contributed by atoms with Crippen molar-refractivity contribution in [3.8, 4) is 5.75 Å². The maximum Gasteiger partial charge on any atom is 0.249 e. The number of nitrogens with zero attached hydrogens (tertiary/aromatic N) is 3. The topological polar surface area (TPSA) is 72.0 Å². The van der Waals surface area contributed by atoms with E-state index >= 15 is 0 Å². The van der Waals surface area contributed by atoms with Crippen molar-refractivity contribution in [1.82, 2.24) is 15.2 Å². The number of nitrogens with one attached hydrogen (secondary N) is 2. The highest BCUT2D eigenvalue weighted by atomic mass is 19.1. The zero-order chi connectivity index (χ0) is 16.8. The van der Waals surface area contributed by atoms with E-state index in [1.165, 1.54) is 12.3 Å². The quantitative estimate of drug-likeness (QED) is 0.724. The van der Waals surface area contributed by atoms with Crippen LogP contribution >= 0.6 is 0 Å². The van der Waals surface area contributed by atoms with E-state index in [-0.39, 0.29) is 5.82 Å². The standard InChI is InChI=1S/C17H16FN5O/c1-24-14-7-4-6-13(9-14)21-17-22-16(11-20-23-17)19-10-12-5-2-3-8-15(12)18/h2-9,11H,10H2,1H3,(H2,19,21,22,23). The van der Waals surface area contributed by atoms with Crippen LogP contribution in [0.3, 0.4) is 0 Å². The lowest BCUT2D eigenvalue weighted by Gasteiger charge is -2.09. The number of rotatable bonds is 6. The molecule has 0 unspecified atom stereocenters. The van der Waals surface area contributed by atoms with Crippen LogP contribution in [0.1, 0.15) is 5.56 Å². The molecule has 2 N–H and O–H groups in total. The van der Waals surface area contributed by atoms with Gasteiger partial charge in [0.15, 0.2) is 5.82 Å². The van der Waals surface area contributed by atoms with Gasteiger partial charge in [0, 0.05) is 23.9 Å². The first kappa shape index (κ1) is 15.7. The molecule has 0 atom stereocenters. The molecular weight excluding hydrogens is 309 g/mol. The Labute approximate surface area is 138 Å². The molecule has 0 aliphatic heterocycles. The fraction of sp³-hybridized carbons (Fsp3) is 0.118. The Morgan fingerprint density at radius 1 is 1.12 bits per heavy atom. The van der Waals surface area contributed by atoms with Crippen molar-refractivity contribution in [3.05, 3.63) is 66.1 Å². The Kier molecular flexibility index (Phi) is 4.81. The van der Waals surface area contributed by atoms with Gasteiger partial charge in [-0.25, -0.2) is 4.39 Å². The average Bonchev–Trinajstić information content (AvgIpc) is 2.61. The van der Waals surface area contributed by atoms with Crippen molar-refractivity contribution in [2.45, 2.75) is 6.54 Å². The van der Waals surface area contributed by atoms with E-state index < -0.39 is 0 Å². The molecule has 2 aromatic carbocycles. The summed E-state index contributed by atoms with van der Waals surface area (Å²) in [6.07, 6.45) is 1.48. The predicted octanol–water partition coefficient (Wildman–Crippen LogP) is 3.38. The van der Waals surface area contributed by atoms with E-state index in [1.54, 1.807) is 25.3 Å².